The lowest BCUT2D eigenvalue weighted by Crippen LogP contribution is -2.42. The molecule has 1 aromatic rings. The van der Waals surface area contributed by atoms with Crippen LogP contribution < -0.4 is 11.1 Å². The van der Waals surface area contributed by atoms with Crippen LogP contribution in [-0.4, -0.2) is 30.2 Å². The van der Waals surface area contributed by atoms with Crippen molar-refractivity contribution in [2.75, 3.05) is 13.2 Å². The lowest BCUT2D eigenvalue weighted by molar-refractivity contribution is -0.120. The minimum absolute atomic E-state index is 0.0503. The molecule has 0 fully saturated rings. The van der Waals surface area contributed by atoms with Crippen LogP contribution in [0.15, 0.2) is 30.3 Å². The molecular formula is C11H16N2O2. The molecule has 15 heavy (non-hydrogen) atoms. The SMILES string of the molecule is NCC(=O)N[C@H](CO)Cc1ccccc1. The van der Waals surface area contributed by atoms with Gasteiger partial charge in [-0.2, -0.15) is 0 Å². The second kappa shape index (κ2) is 6.16. The van der Waals surface area contributed by atoms with Gasteiger partial charge >= 0.3 is 0 Å². The van der Waals surface area contributed by atoms with Gasteiger partial charge in [-0.05, 0) is 12.0 Å². The highest BCUT2D eigenvalue weighted by molar-refractivity contribution is 5.78. The van der Waals surface area contributed by atoms with Gasteiger partial charge in [0.15, 0.2) is 0 Å². The number of hydrogen-bond acceptors (Lipinski definition) is 3. The Morgan fingerprint density at radius 3 is 2.60 bits per heavy atom. The smallest absolute Gasteiger partial charge is 0.234 e. The topological polar surface area (TPSA) is 75.4 Å². The first-order valence-corrected chi connectivity index (χ1v) is 4.90. The predicted octanol–water partition coefficient (Wildman–Crippen LogP) is -0.335. The van der Waals surface area contributed by atoms with Gasteiger partial charge in [0, 0.05) is 0 Å². The van der Waals surface area contributed by atoms with E-state index in [2.05, 4.69) is 5.32 Å². The summed E-state index contributed by atoms with van der Waals surface area (Å²) in [5, 5.41) is 11.7. The molecule has 4 nitrogen and oxygen atoms in total. The normalized spacial score (nSPS) is 12.1. The Morgan fingerprint density at radius 1 is 1.40 bits per heavy atom. The molecule has 0 unspecified atom stereocenters. The van der Waals surface area contributed by atoms with E-state index < -0.39 is 0 Å². The second-order valence-corrected chi connectivity index (χ2v) is 3.34. The van der Waals surface area contributed by atoms with E-state index in [0.29, 0.717) is 6.42 Å². The Kier molecular flexibility index (Phi) is 4.80. The summed E-state index contributed by atoms with van der Waals surface area (Å²) in [4.78, 5) is 11.0. The molecule has 4 N–H and O–H groups in total. The summed E-state index contributed by atoms with van der Waals surface area (Å²) in [6.07, 6.45) is 0.614. The number of carbonyl (C=O) groups is 1. The molecule has 1 amide bonds. The summed E-state index contributed by atoms with van der Waals surface area (Å²) in [6.45, 7) is -0.133. The lowest BCUT2D eigenvalue weighted by Gasteiger charge is -2.15. The molecule has 0 radical (unpaired) electrons. The fourth-order valence-electron chi connectivity index (χ4n) is 1.35. The first-order valence-electron chi connectivity index (χ1n) is 4.90. The Balaban J connectivity index is 2.50. The Hall–Kier alpha value is -1.39. The average Bonchev–Trinajstić information content (AvgIpc) is 2.29. The van der Waals surface area contributed by atoms with Gasteiger partial charge in [-0.25, -0.2) is 0 Å². The van der Waals surface area contributed by atoms with Crippen LogP contribution in [0.4, 0.5) is 0 Å². The number of benzene rings is 1. The van der Waals surface area contributed by atoms with Crippen LogP contribution in [0.3, 0.4) is 0 Å². The average molecular weight is 208 g/mol. The largest absolute Gasteiger partial charge is 0.394 e. The van der Waals surface area contributed by atoms with Crippen LogP contribution in [-0.2, 0) is 11.2 Å². The van der Waals surface area contributed by atoms with Gasteiger partial charge < -0.3 is 16.2 Å². The molecule has 0 aliphatic carbocycles. The number of hydrogen-bond donors (Lipinski definition) is 3. The Labute approximate surface area is 89.1 Å². The van der Waals surface area contributed by atoms with Crippen LogP contribution in [0.25, 0.3) is 0 Å². The number of rotatable bonds is 5. The third-order valence-electron chi connectivity index (χ3n) is 2.10. The van der Waals surface area contributed by atoms with Crippen molar-refractivity contribution in [3.63, 3.8) is 0 Å². The number of carbonyl (C=O) groups excluding carboxylic acids is 1. The summed E-state index contributed by atoms with van der Waals surface area (Å²) >= 11 is 0. The van der Waals surface area contributed by atoms with Gasteiger partial charge in [0.05, 0.1) is 19.2 Å². The summed E-state index contributed by atoms with van der Waals surface area (Å²) in [6, 6.07) is 9.43. The van der Waals surface area contributed by atoms with E-state index in [1.165, 1.54) is 0 Å². The quantitative estimate of drug-likeness (QED) is 0.620. The highest BCUT2D eigenvalue weighted by Gasteiger charge is 2.10. The summed E-state index contributed by atoms with van der Waals surface area (Å²) in [5.41, 5.74) is 6.25. The maximum Gasteiger partial charge on any atom is 0.234 e. The molecule has 4 heteroatoms. The molecule has 1 rings (SSSR count). The molecule has 1 atom stereocenters. The summed E-state index contributed by atoms with van der Waals surface area (Å²) in [7, 11) is 0. The molecule has 0 saturated carbocycles. The van der Waals surface area contributed by atoms with Crippen molar-refractivity contribution >= 4 is 5.91 Å². The van der Waals surface area contributed by atoms with Crippen molar-refractivity contribution < 1.29 is 9.90 Å². The Bertz CT molecular complexity index is 301. The molecule has 0 aliphatic rings. The third-order valence-corrected chi connectivity index (χ3v) is 2.10. The van der Waals surface area contributed by atoms with E-state index in [1.54, 1.807) is 0 Å². The first-order chi connectivity index (χ1) is 7.26. The zero-order valence-electron chi connectivity index (χ0n) is 8.52. The Morgan fingerprint density at radius 2 is 2.07 bits per heavy atom. The van der Waals surface area contributed by atoms with Crippen LogP contribution in [0.1, 0.15) is 5.56 Å². The van der Waals surface area contributed by atoms with Gasteiger partial charge in [0.25, 0.3) is 0 Å². The highest BCUT2D eigenvalue weighted by Crippen LogP contribution is 2.02. The molecule has 82 valence electrons. The minimum Gasteiger partial charge on any atom is -0.394 e. The zero-order chi connectivity index (χ0) is 11.1. The minimum atomic E-state index is -0.261. The molecule has 0 saturated heterocycles. The predicted molar refractivity (Wildman–Crippen MR) is 58.2 cm³/mol. The fraction of sp³-hybridized carbons (Fsp3) is 0.364. The van der Waals surface area contributed by atoms with Gasteiger partial charge in [-0.1, -0.05) is 30.3 Å². The maximum absolute atomic E-state index is 11.0. The summed E-state index contributed by atoms with van der Waals surface area (Å²) in [5.74, 6) is -0.245. The van der Waals surface area contributed by atoms with Gasteiger partial charge in [0.2, 0.25) is 5.91 Å². The van der Waals surface area contributed by atoms with Crippen molar-refractivity contribution in [3.05, 3.63) is 35.9 Å². The van der Waals surface area contributed by atoms with E-state index in [1.807, 2.05) is 30.3 Å². The number of nitrogens with two attached hydrogens (primary N) is 1. The highest BCUT2D eigenvalue weighted by atomic mass is 16.3. The number of aliphatic hydroxyl groups excluding tert-OH is 1. The zero-order valence-corrected chi connectivity index (χ0v) is 8.52. The first kappa shape index (κ1) is 11.7. The molecule has 0 spiro atoms. The maximum atomic E-state index is 11.0. The van der Waals surface area contributed by atoms with Crippen LogP contribution in [0.2, 0.25) is 0 Å². The van der Waals surface area contributed by atoms with Crippen molar-refractivity contribution in [2.45, 2.75) is 12.5 Å². The van der Waals surface area contributed by atoms with E-state index in [0.717, 1.165) is 5.56 Å². The van der Waals surface area contributed by atoms with Crippen molar-refractivity contribution in [1.82, 2.24) is 5.32 Å². The van der Waals surface area contributed by atoms with Gasteiger partial charge in [0.1, 0.15) is 0 Å². The molecular weight excluding hydrogens is 192 g/mol. The van der Waals surface area contributed by atoms with Crippen LogP contribution in [0.5, 0.6) is 0 Å². The van der Waals surface area contributed by atoms with E-state index >= 15 is 0 Å². The van der Waals surface area contributed by atoms with E-state index in [-0.39, 0.29) is 25.1 Å². The van der Waals surface area contributed by atoms with Crippen LogP contribution in [0, 0.1) is 0 Å². The number of nitrogens with one attached hydrogen (secondary N) is 1. The monoisotopic (exact) mass is 208 g/mol. The third kappa shape index (κ3) is 4.10. The van der Waals surface area contributed by atoms with E-state index in [9.17, 15) is 4.79 Å². The van der Waals surface area contributed by atoms with Crippen molar-refractivity contribution in [1.29, 1.82) is 0 Å². The van der Waals surface area contributed by atoms with Gasteiger partial charge in [-0.3, -0.25) is 4.79 Å². The molecule has 0 bridgehead atoms. The fourth-order valence-corrected chi connectivity index (χ4v) is 1.35. The van der Waals surface area contributed by atoms with Crippen molar-refractivity contribution in [2.24, 2.45) is 5.73 Å². The molecule has 0 heterocycles. The summed E-state index contributed by atoms with van der Waals surface area (Å²) < 4.78 is 0. The molecule has 0 aromatic heterocycles. The molecule has 1 aromatic carbocycles. The number of amides is 1. The van der Waals surface area contributed by atoms with Crippen molar-refractivity contribution in [3.8, 4) is 0 Å². The molecule has 0 aliphatic heterocycles. The van der Waals surface area contributed by atoms with Gasteiger partial charge in [-0.15, -0.1) is 0 Å². The standard InChI is InChI=1S/C11H16N2O2/c12-7-11(15)13-10(8-14)6-9-4-2-1-3-5-9/h1-5,10,14H,6-8,12H2,(H,13,15)/t10-/m0/s1. The second-order valence-electron chi connectivity index (χ2n) is 3.34. The number of aliphatic hydroxyl groups is 1. The lowest BCUT2D eigenvalue weighted by atomic mass is 10.1. The van der Waals surface area contributed by atoms with E-state index in [4.69, 9.17) is 10.8 Å². The van der Waals surface area contributed by atoms with Crippen LogP contribution >= 0.6 is 0 Å².